The summed E-state index contributed by atoms with van der Waals surface area (Å²) < 4.78 is 4.96. The summed E-state index contributed by atoms with van der Waals surface area (Å²) in [7, 11) is 3.38. The number of hydrogen-bond acceptors (Lipinski definition) is 3. The van der Waals surface area contributed by atoms with Gasteiger partial charge in [0.15, 0.2) is 0 Å². The van der Waals surface area contributed by atoms with Gasteiger partial charge in [-0.15, -0.1) is 0 Å². The van der Waals surface area contributed by atoms with Crippen LogP contribution in [0.25, 0.3) is 0 Å². The molecule has 1 aromatic rings. The molecule has 0 bridgehead atoms. The van der Waals surface area contributed by atoms with Crippen molar-refractivity contribution in [3.8, 4) is 23.3 Å². The average Bonchev–Trinajstić information content (AvgIpc) is 2.20. The van der Waals surface area contributed by atoms with E-state index in [4.69, 9.17) is 4.74 Å². The van der Waals surface area contributed by atoms with Crippen LogP contribution in [0.2, 0.25) is 0 Å². The number of phenolic OH excluding ortho intramolecular Hbond substituents is 1. The molecule has 0 aliphatic carbocycles. The fourth-order valence-electron chi connectivity index (χ4n) is 0.972. The Kier molecular flexibility index (Phi) is 3.84. The number of benzene rings is 1. The lowest BCUT2D eigenvalue weighted by molar-refractivity contribution is 0.407. The Morgan fingerprint density at radius 2 is 2.29 bits per heavy atom. The van der Waals surface area contributed by atoms with Crippen LogP contribution < -0.4 is 10.1 Å². The van der Waals surface area contributed by atoms with Crippen LogP contribution >= 0.6 is 0 Å². The maximum absolute atomic E-state index is 9.52. The van der Waals surface area contributed by atoms with E-state index in [0.29, 0.717) is 17.9 Å². The van der Waals surface area contributed by atoms with E-state index in [1.54, 1.807) is 25.3 Å². The van der Waals surface area contributed by atoms with Crippen LogP contribution in [-0.2, 0) is 0 Å². The van der Waals surface area contributed by atoms with Gasteiger partial charge in [0.25, 0.3) is 0 Å². The van der Waals surface area contributed by atoms with Crippen molar-refractivity contribution in [2.45, 2.75) is 0 Å². The van der Waals surface area contributed by atoms with Crippen LogP contribution in [0.1, 0.15) is 5.56 Å². The van der Waals surface area contributed by atoms with E-state index in [1.807, 2.05) is 7.05 Å². The first-order chi connectivity index (χ1) is 6.77. The summed E-state index contributed by atoms with van der Waals surface area (Å²) in [6, 6.07) is 5.04. The molecule has 14 heavy (non-hydrogen) atoms. The van der Waals surface area contributed by atoms with E-state index < -0.39 is 0 Å². The highest BCUT2D eigenvalue weighted by molar-refractivity contribution is 5.49. The highest BCUT2D eigenvalue weighted by Crippen LogP contribution is 2.22. The summed E-state index contributed by atoms with van der Waals surface area (Å²) in [5.74, 6) is 6.49. The fraction of sp³-hybridized carbons (Fsp3) is 0.273. The van der Waals surface area contributed by atoms with Gasteiger partial charge in [0.2, 0.25) is 0 Å². The minimum Gasteiger partial charge on any atom is -0.507 e. The monoisotopic (exact) mass is 191 g/mol. The van der Waals surface area contributed by atoms with E-state index in [0.717, 1.165) is 0 Å². The van der Waals surface area contributed by atoms with Crippen molar-refractivity contribution in [3.05, 3.63) is 23.8 Å². The zero-order chi connectivity index (χ0) is 10.4. The highest BCUT2D eigenvalue weighted by atomic mass is 16.5. The van der Waals surface area contributed by atoms with Crippen molar-refractivity contribution in [2.75, 3.05) is 20.7 Å². The number of phenols is 1. The molecule has 0 spiro atoms. The predicted octanol–water partition coefficient (Wildman–Crippen LogP) is 0.972. The lowest BCUT2D eigenvalue weighted by Crippen LogP contribution is -2.04. The summed E-state index contributed by atoms with van der Waals surface area (Å²) in [5, 5.41) is 12.4. The minimum atomic E-state index is 0.146. The molecular weight excluding hydrogens is 178 g/mol. The lowest BCUT2D eigenvalue weighted by atomic mass is 10.2. The maximum Gasteiger partial charge on any atom is 0.134 e. The zero-order valence-corrected chi connectivity index (χ0v) is 8.29. The van der Waals surface area contributed by atoms with Crippen molar-refractivity contribution in [1.82, 2.24) is 5.32 Å². The van der Waals surface area contributed by atoms with Crippen LogP contribution in [-0.4, -0.2) is 25.8 Å². The van der Waals surface area contributed by atoms with Crippen molar-refractivity contribution in [3.63, 3.8) is 0 Å². The normalized spacial score (nSPS) is 9.00. The Hall–Kier alpha value is -1.66. The Labute approximate surface area is 83.7 Å². The van der Waals surface area contributed by atoms with Gasteiger partial charge in [-0.05, 0) is 19.2 Å². The third-order valence-corrected chi connectivity index (χ3v) is 1.69. The topological polar surface area (TPSA) is 41.5 Å². The average molecular weight is 191 g/mol. The third kappa shape index (κ3) is 2.68. The Bertz CT molecular complexity index is 363. The molecule has 0 saturated carbocycles. The predicted molar refractivity (Wildman–Crippen MR) is 55.5 cm³/mol. The smallest absolute Gasteiger partial charge is 0.134 e. The van der Waals surface area contributed by atoms with Gasteiger partial charge in [-0.1, -0.05) is 11.8 Å². The SMILES string of the molecule is CNCC#Cc1ccc(OC)cc1O. The van der Waals surface area contributed by atoms with Gasteiger partial charge in [-0.2, -0.15) is 0 Å². The van der Waals surface area contributed by atoms with Crippen molar-refractivity contribution < 1.29 is 9.84 Å². The second kappa shape index (κ2) is 5.15. The molecule has 0 fully saturated rings. The van der Waals surface area contributed by atoms with E-state index >= 15 is 0 Å². The summed E-state index contributed by atoms with van der Waals surface area (Å²) in [4.78, 5) is 0. The summed E-state index contributed by atoms with van der Waals surface area (Å²) in [6.07, 6.45) is 0. The largest absolute Gasteiger partial charge is 0.507 e. The number of aromatic hydroxyl groups is 1. The molecule has 0 atom stereocenters. The van der Waals surface area contributed by atoms with Crippen LogP contribution in [0.3, 0.4) is 0 Å². The molecule has 1 rings (SSSR count). The molecule has 0 aliphatic rings. The van der Waals surface area contributed by atoms with Crippen molar-refractivity contribution in [1.29, 1.82) is 0 Å². The fourth-order valence-corrected chi connectivity index (χ4v) is 0.972. The van der Waals surface area contributed by atoms with Gasteiger partial charge < -0.3 is 15.2 Å². The summed E-state index contributed by atoms with van der Waals surface area (Å²) >= 11 is 0. The second-order valence-electron chi connectivity index (χ2n) is 2.72. The van der Waals surface area contributed by atoms with Gasteiger partial charge >= 0.3 is 0 Å². The zero-order valence-electron chi connectivity index (χ0n) is 8.29. The molecule has 3 heteroatoms. The molecule has 0 amide bonds. The molecule has 0 unspecified atom stereocenters. The molecule has 2 N–H and O–H groups in total. The number of ether oxygens (including phenoxy) is 1. The first-order valence-corrected chi connectivity index (χ1v) is 4.28. The van der Waals surface area contributed by atoms with Crippen molar-refractivity contribution in [2.24, 2.45) is 0 Å². The number of methoxy groups -OCH3 is 1. The molecule has 0 heterocycles. The van der Waals surface area contributed by atoms with Gasteiger partial charge in [0.05, 0.1) is 19.2 Å². The first kappa shape index (κ1) is 10.4. The number of nitrogens with one attached hydrogen (secondary N) is 1. The quantitative estimate of drug-likeness (QED) is 0.684. The second-order valence-corrected chi connectivity index (χ2v) is 2.72. The first-order valence-electron chi connectivity index (χ1n) is 4.28. The van der Waals surface area contributed by atoms with Gasteiger partial charge in [0, 0.05) is 6.07 Å². The molecule has 0 aromatic heterocycles. The van der Waals surface area contributed by atoms with E-state index in [1.165, 1.54) is 0 Å². The van der Waals surface area contributed by atoms with E-state index in [-0.39, 0.29) is 5.75 Å². The van der Waals surface area contributed by atoms with Crippen LogP contribution in [0.5, 0.6) is 11.5 Å². The van der Waals surface area contributed by atoms with Gasteiger partial charge in [0.1, 0.15) is 11.5 Å². The van der Waals surface area contributed by atoms with Crippen molar-refractivity contribution >= 4 is 0 Å². The van der Waals surface area contributed by atoms with Gasteiger partial charge in [-0.25, -0.2) is 0 Å². The standard InChI is InChI=1S/C11H13NO2/c1-12-7-3-4-9-5-6-10(14-2)8-11(9)13/h5-6,8,12-13H,7H2,1-2H3. The maximum atomic E-state index is 9.52. The molecule has 1 aromatic carbocycles. The van der Waals surface area contributed by atoms with E-state index in [9.17, 15) is 5.11 Å². The Morgan fingerprint density at radius 3 is 2.86 bits per heavy atom. The molecule has 0 aliphatic heterocycles. The number of hydrogen-bond donors (Lipinski definition) is 2. The third-order valence-electron chi connectivity index (χ3n) is 1.69. The molecule has 0 radical (unpaired) electrons. The number of rotatable bonds is 2. The van der Waals surface area contributed by atoms with Crippen LogP contribution in [0, 0.1) is 11.8 Å². The minimum absolute atomic E-state index is 0.146. The summed E-state index contributed by atoms with van der Waals surface area (Å²) in [5.41, 5.74) is 0.612. The molecule has 0 saturated heterocycles. The molecule has 74 valence electrons. The highest BCUT2D eigenvalue weighted by Gasteiger charge is 1.98. The Morgan fingerprint density at radius 1 is 1.50 bits per heavy atom. The van der Waals surface area contributed by atoms with Crippen LogP contribution in [0.4, 0.5) is 0 Å². The summed E-state index contributed by atoms with van der Waals surface area (Å²) in [6.45, 7) is 0.603. The Balaban J connectivity index is 2.85. The van der Waals surface area contributed by atoms with E-state index in [2.05, 4.69) is 17.2 Å². The van der Waals surface area contributed by atoms with Crippen LogP contribution in [0.15, 0.2) is 18.2 Å². The molecular formula is C11H13NO2. The molecule has 3 nitrogen and oxygen atoms in total. The van der Waals surface area contributed by atoms with Gasteiger partial charge in [-0.3, -0.25) is 0 Å². The lowest BCUT2D eigenvalue weighted by Gasteiger charge is -2.01.